The fourth-order valence-corrected chi connectivity index (χ4v) is 2.58. The maximum atomic E-state index is 11.6. The molecule has 1 aromatic carbocycles. The predicted octanol–water partition coefficient (Wildman–Crippen LogP) is 2.56. The van der Waals surface area contributed by atoms with Gasteiger partial charge < -0.3 is 15.7 Å². The molecule has 1 unspecified atom stereocenters. The van der Waals surface area contributed by atoms with Gasteiger partial charge in [0, 0.05) is 28.9 Å². The largest absolute Gasteiger partial charge is 0.386 e. The molecule has 1 amide bonds. The zero-order valence-electron chi connectivity index (χ0n) is 12.1. The molecule has 1 heterocycles. The second kappa shape index (κ2) is 7.19. The van der Waals surface area contributed by atoms with Crippen molar-refractivity contribution >= 4 is 22.9 Å². The molecule has 0 fully saturated rings. The molecule has 5 nitrogen and oxygen atoms in total. The number of carbonyl (C=O) groups is 1. The van der Waals surface area contributed by atoms with E-state index < -0.39 is 6.10 Å². The lowest BCUT2D eigenvalue weighted by Gasteiger charge is -2.06. The van der Waals surface area contributed by atoms with E-state index in [1.54, 1.807) is 25.3 Å². The average Bonchev–Trinajstić information content (AvgIpc) is 2.95. The highest BCUT2D eigenvalue weighted by molar-refractivity contribution is 7.11. The van der Waals surface area contributed by atoms with E-state index in [1.165, 1.54) is 11.3 Å². The Labute approximate surface area is 128 Å². The maximum Gasteiger partial charge on any atom is 0.251 e. The first-order chi connectivity index (χ1) is 10.1. The fraction of sp³-hybridized carbons (Fsp3) is 0.333. The fourth-order valence-electron chi connectivity index (χ4n) is 1.79. The predicted molar refractivity (Wildman–Crippen MR) is 84.5 cm³/mol. The van der Waals surface area contributed by atoms with Crippen LogP contribution in [0.2, 0.25) is 0 Å². The molecule has 0 aliphatic heterocycles. The molecule has 0 saturated heterocycles. The first kappa shape index (κ1) is 15.5. The Kier molecular flexibility index (Phi) is 5.30. The van der Waals surface area contributed by atoms with E-state index in [9.17, 15) is 9.90 Å². The van der Waals surface area contributed by atoms with Crippen molar-refractivity contribution in [3.8, 4) is 0 Å². The molecule has 2 aromatic rings. The van der Waals surface area contributed by atoms with Gasteiger partial charge in [-0.3, -0.25) is 4.79 Å². The zero-order chi connectivity index (χ0) is 15.2. The van der Waals surface area contributed by atoms with Crippen molar-refractivity contribution in [1.29, 1.82) is 0 Å². The minimum atomic E-state index is -0.528. The summed E-state index contributed by atoms with van der Waals surface area (Å²) in [6.45, 7) is 4.86. The van der Waals surface area contributed by atoms with Crippen LogP contribution in [0.1, 0.15) is 40.2 Å². The molecule has 0 spiro atoms. The third-order valence-electron chi connectivity index (χ3n) is 2.88. The first-order valence-corrected chi connectivity index (χ1v) is 7.66. The minimum Gasteiger partial charge on any atom is -0.386 e. The van der Waals surface area contributed by atoms with Crippen LogP contribution < -0.4 is 10.6 Å². The number of nitrogens with zero attached hydrogens (tertiary/aromatic N) is 1. The number of rotatable bonds is 6. The van der Waals surface area contributed by atoms with E-state index in [4.69, 9.17) is 0 Å². The number of aromatic nitrogens is 1. The zero-order valence-corrected chi connectivity index (χ0v) is 12.9. The Balaban J connectivity index is 1.92. The number of hydrogen-bond acceptors (Lipinski definition) is 5. The van der Waals surface area contributed by atoms with Crippen LogP contribution in [-0.2, 0) is 6.54 Å². The van der Waals surface area contributed by atoms with E-state index in [0.29, 0.717) is 18.7 Å². The third kappa shape index (κ3) is 4.27. The molecule has 21 heavy (non-hydrogen) atoms. The van der Waals surface area contributed by atoms with Crippen LogP contribution in [0, 0.1) is 0 Å². The summed E-state index contributed by atoms with van der Waals surface area (Å²) in [5.74, 6) is -0.0620. The molecule has 0 saturated carbocycles. The molecular formula is C15H19N3O2S. The Bertz CT molecular complexity index is 593. The SMILES string of the molecule is CCNC(=O)c1ccc(NCc2cnc(C(C)O)s2)cc1. The summed E-state index contributed by atoms with van der Waals surface area (Å²) in [7, 11) is 0. The summed E-state index contributed by atoms with van der Waals surface area (Å²) in [6.07, 6.45) is 1.24. The number of nitrogens with one attached hydrogen (secondary N) is 2. The van der Waals surface area contributed by atoms with Gasteiger partial charge in [-0.15, -0.1) is 11.3 Å². The van der Waals surface area contributed by atoms with Gasteiger partial charge in [0.25, 0.3) is 5.91 Å². The standard InChI is InChI=1S/C15H19N3O2S/c1-3-16-14(20)11-4-6-12(7-5-11)17-8-13-9-18-15(21-13)10(2)19/h4-7,9-10,17,19H,3,8H2,1-2H3,(H,16,20). The van der Waals surface area contributed by atoms with Crippen LogP contribution >= 0.6 is 11.3 Å². The van der Waals surface area contributed by atoms with E-state index in [1.807, 2.05) is 19.1 Å². The minimum absolute atomic E-state index is 0.0620. The van der Waals surface area contributed by atoms with Gasteiger partial charge in [-0.2, -0.15) is 0 Å². The lowest BCUT2D eigenvalue weighted by Crippen LogP contribution is -2.22. The van der Waals surface area contributed by atoms with Crippen molar-refractivity contribution in [1.82, 2.24) is 10.3 Å². The number of aliphatic hydroxyl groups excluding tert-OH is 1. The number of benzene rings is 1. The van der Waals surface area contributed by atoms with E-state index in [2.05, 4.69) is 15.6 Å². The highest BCUT2D eigenvalue weighted by Crippen LogP contribution is 2.20. The molecule has 2 rings (SSSR count). The Hall–Kier alpha value is -1.92. The van der Waals surface area contributed by atoms with Crippen LogP contribution in [0.25, 0.3) is 0 Å². The average molecular weight is 305 g/mol. The van der Waals surface area contributed by atoms with Gasteiger partial charge in [0.1, 0.15) is 11.1 Å². The Morgan fingerprint density at radius 1 is 1.38 bits per heavy atom. The molecule has 0 aliphatic rings. The maximum absolute atomic E-state index is 11.6. The highest BCUT2D eigenvalue weighted by Gasteiger charge is 2.07. The van der Waals surface area contributed by atoms with Gasteiger partial charge in [0.2, 0.25) is 0 Å². The number of carbonyl (C=O) groups excluding carboxylic acids is 1. The molecule has 1 aromatic heterocycles. The summed E-state index contributed by atoms with van der Waals surface area (Å²) in [5, 5.41) is 16.2. The third-order valence-corrected chi connectivity index (χ3v) is 4.05. The number of aliphatic hydroxyl groups is 1. The lowest BCUT2D eigenvalue weighted by atomic mass is 10.2. The topological polar surface area (TPSA) is 74.2 Å². The Morgan fingerprint density at radius 2 is 2.10 bits per heavy atom. The molecule has 6 heteroatoms. The number of thiazole rings is 1. The molecular weight excluding hydrogens is 286 g/mol. The monoisotopic (exact) mass is 305 g/mol. The van der Waals surface area contributed by atoms with Crippen LogP contribution in [0.3, 0.4) is 0 Å². The van der Waals surface area contributed by atoms with Crippen LogP contribution in [0.4, 0.5) is 5.69 Å². The van der Waals surface area contributed by atoms with Gasteiger partial charge in [0.05, 0.1) is 6.54 Å². The summed E-state index contributed by atoms with van der Waals surface area (Å²) >= 11 is 1.49. The molecule has 0 bridgehead atoms. The van der Waals surface area contributed by atoms with Gasteiger partial charge in [0.15, 0.2) is 0 Å². The second-order valence-corrected chi connectivity index (χ2v) is 5.78. The van der Waals surface area contributed by atoms with Gasteiger partial charge in [-0.1, -0.05) is 0 Å². The van der Waals surface area contributed by atoms with Gasteiger partial charge in [-0.05, 0) is 38.1 Å². The normalized spacial score (nSPS) is 12.0. The summed E-state index contributed by atoms with van der Waals surface area (Å²) in [4.78, 5) is 16.9. The van der Waals surface area contributed by atoms with Crippen molar-refractivity contribution in [2.75, 3.05) is 11.9 Å². The number of amides is 1. The molecule has 112 valence electrons. The van der Waals surface area contributed by atoms with Crippen molar-refractivity contribution in [2.45, 2.75) is 26.5 Å². The van der Waals surface area contributed by atoms with Crippen LogP contribution in [-0.4, -0.2) is 22.5 Å². The van der Waals surface area contributed by atoms with Crippen molar-refractivity contribution < 1.29 is 9.90 Å². The number of anilines is 1. The first-order valence-electron chi connectivity index (χ1n) is 6.85. The quantitative estimate of drug-likeness (QED) is 0.767. The lowest BCUT2D eigenvalue weighted by molar-refractivity contribution is 0.0956. The van der Waals surface area contributed by atoms with Gasteiger partial charge in [-0.25, -0.2) is 4.98 Å². The smallest absolute Gasteiger partial charge is 0.251 e. The molecule has 3 N–H and O–H groups in total. The van der Waals surface area contributed by atoms with Crippen molar-refractivity contribution in [3.63, 3.8) is 0 Å². The molecule has 1 atom stereocenters. The van der Waals surface area contributed by atoms with E-state index in [-0.39, 0.29) is 5.91 Å². The number of hydrogen-bond donors (Lipinski definition) is 3. The highest BCUT2D eigenvalue weighted by atomic mass is 32.1. The van der Waals surface area contributed by atoms with Gasteiger partial charge >= 0.3 is 0 Å². The summed E-state index contributed by atoms with van der Waals surface area (Å²) in [5.41, 5.74) is 1.59. The Morgan fingerprint density at radius 3 is 2.67 bits per heavy atom. The van der Waals surface area contributed by atoms with Crippen molar-refractivity contribution in [3.05, 3.63) is 45.9 Å². The summed E-state index contributed by atoms with van der Waals surface area (Å²) in [6, 6.07) is 7.34. The molecule has 0 radical (unpaired) electrons. The summed E-state index contributed by atoms with van der Waals surface area (Å²) < 4.78 is 0. The van der Waals surface area contributed by atoms with Crippen molar-refractivity contribution in [2.24, 2.45) is 0 Å². The van der Waals surface area contributed by atoms with E-state index >= 15 is 0 Å². The van der Waals surface area contributed by atoms with Crippen LogP contribution in [0.15, 0.2) is 30.5 Å². The van der Waals surface area contributed by atoms with E-state index in [0.717, 1.165) is 15.6 Å². The van der Waals surface area contributed by atoms with Crippen LogP contribution in [0.5, 0.6) is 0 Å². The molecule has 0 aliphatic carbocycles. The second-order valence-electron chi connectivity index (χ2n) is 4.63.